The van der Waals surface area contributed by atoms with Crippen LogP contribution in [0.25, 0.3) is 0 Å². The molecule has 0 aromatic carbocycles. The van der Waals surface area contributed by atoms with Gasteiger partial charge >= 0.3 is 0 Å². The van der Waals surface area contributed by atoms with Crippen LogP contribution in [0, 0.1) is 12.8 Å². The summed E-state index contributed by atoms with van der Waals surface area (Å²) in [5.41, 5.74) is 0.886. The van der Waals surface area contributed by atoms with E-state index in [4.69, 9.17) is 16.3 Å². The van der Waals surface area contributed by atoms with Gasteiger partial charge in [-0.3, -0.25) is 0 Å². The van der Waals surface area contributed by atoms with Gasteiger partial charge in [0.05, 0.1) is 6.61 Å². The molecule has 0 saturated carbocycles. The standard InChI is InChI=1S/C12H20ClN3O/c1-5-17-11-6-9(3)14-12(16-11)15-10(4)8(2)7-13/h6,8,10H,5,7H2,1-4H3,(H,14,15,16). The fourth-order valence-corrected chi connectivity index (χ4v) is 1.57. The quantitative estimate of drug-likeness (QED) is 0.796. The molecule has 0 radical (unpaired) electrons. The molecule has 17 heavy (non-hydrogen) atoms. The molecule has 1 aromatic rings. The lowest BCUT2D eigenvalue weighted by atomic mass is 10.1. The first-order chi connectivity index (χ1) is 8.06. The number of aryl methyl sites for hydroxylation is 1. The summed E-state index contributed by atoms with van der Waals surface area (Å²) in [6.07, 6.45) is 0. The molecule has 2 unspecified atom stereocenters. The molecular formula is C12H20ClN3O. The monoisotopic (exact) mass is 257 g/mol. The number of nitrogens with zero attached hydrogens (tertiary/aromatic N) is 2. The number of aromatic nitrogens is 2. The summed E-state index contributed by atoms with van der Waals surface area (Å²) in [4.78, 5) is 8.62. The van der Waals surface area contributed by atoms with Crippen LogP contribution in [0.5, 0.6) is 5.88 Å². The Bertz CT molecular complexity index is 360. The smallest absolute Gasteiger partial charge is 0.226 e. The van der Waals surface area contributed by atoms with Crippen LogP contribution in [-0.2, 0) is 0 Å². The maximum Gasteiger partial charge on any atom is 0.226 e. The van der Waals surface area contributed by atoms with E-state index in [0.717, 1.165) is 5.69 Å². The largest absolute Gasteiger partial charge is 0.478 e. The first kappa shape index (κ1) is 14.0. The van der Waals surface area contributed by atoms with Crippen molar-refractivity contribution in [3.63, 3.8) is 0 Å². The van der Waals surface area contributed by atoms with Gasteiger partial charge in [-0.15, -0.1) is 11.6 Å². The third-order valence-corrected chi connectivity index (χ3v) is 3.06. The van der Waals surface area contributed by atoms with E-state index in [1.807, 2.05) is 19.9 Å². The van der Waals surface area contributed by atoms with Crippen molar-refractivity contribution in [2.75, 3.05) is 17.8 Å². The summed E-state index contributed by atoms with van der Waals surface area (Å²) >= 11 is 5.82. The van der Waals surface area contributed by atoms with E-state index in [0.29, 0.717) is 30.2 Å². The highest BCUT2D eigenvalue weighted by Gasteiger charge is 2.12. The Kier molecular flexibility index (Phi) is 5.48. The van der Waals surface area contributed by atoms with E-state index in [2.05, 4.69) is 29.1 Å². The Balaban J connectivity index is 2.76. The zero-order valence-electron chi connectivity index (χ0n) is 10.8. The maximum atomic E-state index is 5.82. The Hall–Kier alpha value is -1.03. The van der Waals surface area contributed by atoms with Gasteiger partial charge in [-0.1, -0.05) is 6.92 Å². The van der Waals surface area contributed by atoms with Gasteiger partial charge < -0.3 is 10.1 Å². The molecule has 96 valence electrons. The number of anilines is 1. The summed E-state index contributed by atoms with van der Waals surface area (Å²) in [5, 5.41) is 3.25. The average Bonchev–Trinajstić information content (AvgIpc) is 2.27. The third kappa shape index (κ3) is 4.38. The summed E-state index contributed by atoms with van der Waals surface area (Å²) in [6, 6.07) is 2.05. The Morgan fingerprint density at radius 2 is 2.12 bits per heavy atom. The lowest BCUT2D eigenvalue weighted by molar-refractivity contribution is 0.326. The molecule has 2 atom stereocenters. The number of hydrogen-bond acceptors (Lipinski definition) is 4. The third-order valence-electron chi connectivity index (χ3n) is 2.58. The zero-order valence-corrected chi connectivity index (χ0v) is 11.6. The summed E-state index contributed by atoms with van der Waals surface area (Å²) < 4.78 is 5.38. The van der Waals surface area contributed by atoms with Crippen LogP contribution in [0.1, 0.15) is 26.5 Å². The van der Waals surface area contributed by atoms with Crippen LogP contribution in [0.15, 0.2) is 6.07 Å². The molecule has 0 aliphatic rings. The second-order valence-corrected chi connectivity index (χ2v) is 4.48. The topological polar surface area (TPSA) is 47.0 Å². The highest BCUT2D eigenvalue weighted by molar-refractivity contribution is 6.18. The van der Waals surface area contributed by atoms with Crippen molar-refractivity contribution in [1.29, 1.82) is 0 Å². The fourth-order valence-electron chi connectivity index (χ4n) is 1.31. The van der Waals surface area contributed by atoms with Crippen molar-refractivity contribution >= 4 is 17.5 Å². The minimum Gasteiger partial charge on any atom is -0.478 e. The van der Waals surface area contributed by atoms with Crippen molar-refractivity contribution in [3.8, 4) is 5.88 Å². The lowest BCUT2D eigenvalue weighted by Gasteiger charge is -2.19. The highest BCUT2D eigenvalue weighted by atomic mass is 35.5. The molecule has 1 aromatic heterocycles. The number of rotatable bonds is 6. The van der Waals surface area contributed by atoms with Crippen LogP contribution >= 0.6 is 11.6 Å². The number of alkyl halides is 1. The molecule has 0 spiro atoms. The second kappa shape index (κ2) is 6.64. The number of nitrogens with one attached hydrogen (secondary N) is 1. The van der Waals surface area contributed by atoms with Gasteiger partial charge in [-0.2, -0.15) is 4.98 Å². The van der Waals surface area contributed by atoms with Gasteiger partial charge in [-0.25, -0.2) is 4.98 Å². The van der Waals surface area contributed by atoms with E-state index in [1.165, 1.54) is 0 Å². The first-order valence-electron chi connectivity index (χ1n) is 5.87. The first-order valence-corrected chi connectivity index (χ1v) is 6.41. The Morgan fingerprint density at radius 3 is 2.71 bits per heavy atom. The molecule has 4 nitrogen and oxygen atoms in total. The molecule has 1 rings (SSSR count). The van der Waals surface area contributed by atoms with Crippen molar-refractivity contribution in [2.45, 2.75) is 33.7 Å². The van der Waals surface area contributed by atoms with Crippen molar-refractivity contribution < 1.29 is 4.74 Å². The molecular weight excluding hydrogens is 238 g/mol. The maximum absolute atomic E-state index is 5.82. The van der Waals surface area contributed by atoms with Crippen LogP contribution in [0.4, 0.5) is 5.95 Å². The van der Waals surface area contributed by atoms with Crippen LogP contribution in [0.2, 0.25) is 0 Å². The second-order valence-electron chi connectivity index (χ2n) is 4.17. The number of halogens is 1. The van der Waals surface area contributed by atoms with Crippen LogP contribution in [-0.4, -0.2) is 28.5 Å². The Morgan fingerprint density at radius 1 is 1.41 bits per heavy atom. The summed E-state index contributed by atoms with van der Waals surface area (Å²) in [6.45, 7) is 8.61. The molecule has 5 heteroatoms. The number of hydrogen-bond donors (Lipinski definition) is 1. The molecule has 1 heterocycles. The van der Waals surface area contributed by atoms with E-state index in [-0.39, 0.29) is 6.04 Å². The van der Waals surface area contributed by atoms with E-state index in [9.17, 15) is 0 Å². The summed E-state index contributed by atoms with van der Waals surface area (Å²) in [5.74, 6) is 2.17. The van der Waals surface area contributed by atoms with E-state index >= 15 is 0 Å². The number of ether oxygens (including phenoxy) is 1. The normalized spacial score (nSPS) is 14.2. The minimum atomic E-state index is 0.226. The SMILES string of the molecule is CCOc1cc(C)nc(NC(C)C(C)CCl)n1. The van der Waals surface area contributed by atoms with Crippen molar-refractivity contribution in [3.05, 3.63) is 11.8 Å². The van der Waals surface area contributed by atoms with Gasteiger partial charge in [-0.05, 0) is 26.7 Å². The Labute approximate surface area is 108 Å². The molecule has 0 bridgehead atoms. The fraction of sp³-hybridized carbons (Fsp3) is 0.667. The molecule has 0 amide bonds. The zero-order chi connectivity index (χ0) is 12.8. The average molecular weight is 258 g/mol. The van der Waals surface area contributed by atoms with Gasteiger partial charge in [0.2, 0.25) is 11.8 Å². The van der Waals surface area contributed by atoms with Crippen LogP contribution in [0.3, 0.4) is 0 Å². The molecule has 0 aliphatic carbocycles. The summed E-state index contributed by atoms with van der Waals surface area (Å²) in [7, 11) is 0. The van der Waals surface area contributed by atoms with Crippen LogP contribution < -0.4 is 10.1 Å². The van der Waals surface area contributed by atoms with Gasteiger partial charge in [0.25, 0.3) is 0 Å². The molecule has 0 fully saturated rings. The molecule has 0 aliphatic heterocycles. The predicted molar refractivity (Wildman–Crippen MR) is 70.9 cm³/mol. The molecule has 1 N–H and O–H groups in total. The van der Waals surface area contributed by atoms with Gasteiger partial charge in [0.15, 0.2) is 0 Å². The van der Waals surface area contributed by atoms with Gasteiger partial charge in [0, 0.05) is 23.7 Å². The van der Waals surface area contributed by atoms with Crippen molar-refractivity contribution in [1.82, 2.24) is 9.97 Å². The predicted octanol–water partition coefficient (Wildman–Crippen LogP) is 2.86. The molecule has 0 saturated heterocycles. The minimum absolute atomic E-state index is 0.226. The van der Waals surface area contributed by atoms with Crippen molar-refractivity contribution in [2.24, 2.45) is 5.92 Å². The van der Waals surface area contributed by atoms with E-state index in [1.54, 1.807) is 0 Å². The van der Waals surface area contributed by atoms with E-state index < -0.39 is 0 Å². The van der Waals surface area contributed by atoms with Gasteiger partial charge in [0.1, 0.15) is 0 Å². The highest BCUT2D eigenvalue weighted by Crippen LogP contribution is 2.15. The lowest BCUT2D eigenvalue weighted by Crippen LogP contribution is -2.26.